The number of halogens is 2. The molecular weight excluding hydrogens is 293 g/mol. The number of carbonyl (C=O) groups is 2. The zero-order chi connectivity index (χ0) is 13.0. The van der Waals surface area contributed by atoms with Gasteiger partial charge in [0.2, 0.25) is 0 Å². The molecular formula is C11H11BrFNO3. The van der Waals surface area contributed by atoms with Gasteiger partial charge in [0, 0.05) is 10.5 Å². The summed E-state index contributed by atoms with van der Waals surface area (Å²) >= 11 is 3.07. The van der Waals surface area contributed by atoms with Gasteiger partial charge in [-0.15, -0.1) is 0 Å². The van der Waals surface area contributed by atoms with Crippen LogP contribution in [0.2, 0.25) is 0 Å². The van der Waals surface area contributed by atoms with Crippen molar-refractivity contribution >= 4 is 27.8 Å². The zero-order valence-corrected chi connectivity index (χ0v) is 10.6. The third-order valence-corrected chi connectivity index (χ3v) is 2.71. The molecule has 0 unspecified atom stereocenters. The first kappa shape index (κ1) is 13.6. The van der Waals surface area contributed by atoms with Crippen LogP contribution >= 0.6 is 15.9 Å². The van der Waals surface area contributed by atoms with Crippen molar-refractivity contribution in [1.29, 1.82) is 0 Å². The van der Waals surface area contributed by atoms with Crippen molar-refractivity contribution < 1.29 is 19.1 Å². The molecule has 17 heavy (non-hydrogen) atoms. The molecule has 0 aliphatic heterocycles. The topological polar surface area (TPSA) is 66.4 Å². The van der Waals surface area contributed by atoms with Crippen LogP contribution in [0.4, 0.5) is 4.39 Å². The summed E-state index contributed by atoms with van der Waals surface area (Å²) < 4.78 is 13.7. The molecule has 1 amide bonds. The second-order valence-electron chi connectivity index (χ2n) is 3.57. The fourth-order valence-electron chi connectivity index (χ4n) is 1.32. The number of benzene rings is 1. The van der Waals surface area contributed by atoms with Crippen molar-refractivity contribution in [2.45, 2.75) is 19.4 Å². The van der Waals surface area contributed by atoms with Gasteiger partial charge in [-0.2, -0.15) is 0 Å². The predicted octanol–water partition coefficient (Wildman–Crippen LogP) is 2.18. The number of hydrogen-bond donors (Lipinski definition) is 2. The molecule has 0 aromatic heterocycles. The lowest BCUT2D eigenvalue weighted by molar-refractivity contribution is -0.137. The fourth-order valence-corrected chi connectivity index (χ4v) is 1.85. The van der Waals surface area contributed by atoms with Gasteiger partial charge >= 0.3 is 5.97 Å². The Balaban J connectivity index is 2.80. The Hall–Kier alpha value is -1.43. The third kappa shape index (κ3) is 3.81. The SMILES string of the molecule is C[C@H](CC(=O)O)NC(=O)c1c(F)cccc1Br. The van der Waals surface area contributed by atoms with E-state index in [4.69, 9.17) is 5.11 Å². The first-order chi connectivity index (χ1) is 7.91. The molecule has 0 bridgehead atoms. The van der Waals surface area contributed by atoms with Crippen LogP contribution in [0, 0.1) is 5.82 Å². The van der Waals surface area contributed by atoms with E-state index in [-0.39, 0.29) is 12.0 Å². The monoisotopic (exact) mass is 303 g/mol. The van der Waals surface area contributed by atoms with Crippen molar-refractivity contribution in [2.75, 3.05) is 0 Å². The van der Waals surface area contributed by atoms with E-state index in [1.807, 2.05) is 0 Å². The first-order valence-corrected chi connectivity index (χ1v) is 5.67. The van der Waals surface area contributed by atoms with E-state index in [1.54, 1.807) is 13.0 Å². The Bertz CT molecular complexity index is 430. The van der Waals surface area contributed by atoms with Crippen LogP contribution in [0.3, 0.4) is 0 Å². The molecule has 6 heteroatoms. The van der Waals surface area contributed by atoms with E-state index in [9.17, 15) is 14.0 Å². The maximum absolute atomic E-state index is 13.4. The van der Waals surface area contributed by atoms with Gasteiger partial charge in [0.05, 0.1) is 12.0 Å². The Morgan fingerprint density at radius 2 is 2.18 bits per heavy atom. The third-order valence-electron chi connectivity index (χ3n) is 2.05. The van der Waals surface area contributed by atoms with Crippen LogP contribution in [0.5, 0.6) is 0 Å². The molecule has 0 aliphatic carbocycles. The van der Waals surface area contributed by atoms with E-state index in [0.29, 0.717) is 4.47 Å². The first-order valence-electron chi connectivity index (χ1n) is 4.88. The van der Waals surface area contributed by atoms with E-state index < -0.39 is 23.7 Å². The fraction of sp³-hybridized carbons (Fsp3) is 0.273. The Morgan fingerprint density at radius 1 is 1.53 bits per heavy atom. The molecule has 2 N–H and O–H groups in total. The number of aliphatic carboxylic acids is 1. The Kier molecular flexibility index (Phi) is 4.62. The Morgan fingerprint density at radius 3 is 2.71 bits per heavy atom. The van der Waals surface area contributed by atoms with Gasteiger partial charge in [-0.05, 0) is 35.0 Å². The number of amides is 1. The summed E-state index contributed by atoms with van der Waals surface area (Å²) in [5.74, 6) is -2.31. The van der Waals surface area contributed by atoms with Crippen molar-refractivity contribution in [2.24, 2.45) is 0 Å². The zero-order valence-electron chi connectivity index (χ0n) is 9.04. The van der Waals surface area contributed by atoms with Crippen molar-refractivity contribution in [3.63, 3.8) is 0 Å². The second-order valence-corrected chi connectivity index (χ2v) is 4.42. The molecule has 0 fully saturated rings. The van der Waals surface area contributed by atoms with Crippen LogP contribution < -0.4 is 5.32 Å². The number of carboxylic acid groups (broad SMARTS) is 1. The van der Waals surface area contributed by atoms with E-state index >= 15 is 0 Å². The molecule has 1 aromatic carbocycles. The lowest BCUT2D eigenvalue weighted by Gasteiger charge is -2.12. The molecule has 1 aromatic rings. The van der Waals surface area contributed by atoms with Crippen molar-refractivity contribution in [3.05, 3.63) is 34.1 Å². The normalized spacial score (nSPS) is 11.9. The number of rotatable bonds is 4. The number of carboxylic acids is 1. The van der Waals surface area contributed by atoms with Crippen LogP contribution in [-0.2, 0) is 4.79 Å². The molecule has 1 rings (SSSR count). The quantitative estimate of drug-likeness (QED) is 0.896. The van der Waals surface area contributed by atoms with Crippen molar-refractivity contribution in [1.82, 2.24) is 5.32 Å². The van der Waals surface area contributed by atoms with Gasteiger partial charge in [0.15, 0.2) is 0 Å². The van der Waals surface area contributed by atoms with E-state index in [2.05, 4.69) is 21.2 Å². The highest BCUT2D eigenvalue weighted by Crippen LogP contribution is 2.19. The summed E-state index contributed by atoms with van der Waals surface area (Å²) in [6.45, 7) is 1.54. The molecule has 0 heterocycles. The van der Waals surface area contributed by atoms with Crippen molar-refractivity contribution in [3.8, 4) is 0 Å². The van der Waals surface area contributed by atoms with Gasteiger partial charge in [-0.25, -0.2) is 4.39 Å². The van der Waals surface area contributed by atoms with Gasteiger partial charge in [-0.3, -0.25) is 9.59 Å². The lowest BCUT2D eigenvalue weighted by Crippen LogP contribution is -2.34. The minimum absolute atomic E-state index is 0.121. The largest absolute Gasteiger partial charge is 0.481 e. The number of nitrogens with one attached hydrogen (secondary N) is 1. The molecule has 1 atom stereocenters. The van der Waals surface area contributed by atoms with Gasteiger partial charge < -0.3 is 10.4 Å². The number of carbonyl (C=O) groups excluding carboxylic acids is 1. The summed E-state index contributed by atoms with van der Waals surface area (Å²) in [5, 5.41) is 11.0. The van der Waals surface area contributed by atoms with E-state index in [1.165, 1.54) is 12.1 Å². The second kappa shape index (κ2) is 5.77. The smallest absolute Gasteiger partial charge is 0.305 e. The van der Waals surface area contributed by atoms with Crippen LogP contribution in [0.15, 0.2) is 22.7 Å². The molecule has 0 spiro atoms. The summed E-state index contributed by atoms with van der Waals surface area (Å²) in [7, 11) is 0. The van der Waals surface area contributed by atoms with Gasteiger partial charge in [-0.1, -0.05) is 6.07 Å². The maximum Gasteiger partial charge on any atom is 0.305 e. The average molecular weight is 304 g/mol. The molecule has 0 aliphatic rings. The van der Waals surface area contributed by atoms with Crippen LogP contribution in [-0.4, -0.2) is 23.0 Å². The summed E-state index contributed by atoms with van der Waals surface area (Å²) in [6.07, 6.45) is -0.211. The molecule has 0 radical (unpaired) electrons. The standard InChI is InChI=1S/C11H11BrFNO3/c1-6(5-9(15)16)14-11(17)10-7(12)3-2-4-8(10)13/h2-4,6H,5H2,1H3,(H,14,17)(H,15,16)/t6-/m1/s1. The van der Waals surface area contributed by atoms with Crippen LogP contribution in [0.25, 0.3) is 0 Å². The maximum atomic E-state index is 13.4. The van der Waals surface area contributed by atoms with Gasteiger partial charge in [0.25, 0.3) is 5.91 Å². The molecule has 0 saturated heterocycles. The highest BCUT2D eigenvalue weighted by Gasteiger charge is 2.18. The summed E-state index contributed by atoms with van der Waals surface area (Å²) in [6, 6.07) is 3.62. The lowest BCUT2D eigenvalue weighted by atomic mass is 10.1. The highest BCUT2D eigenvalue weighted by atomic mass is 79.9. The molecule has 92 valence electrons. The number of hydrogen-bond acceptors (Lipinski definition) is 2. The highest BCUT2D eigenvalue weighted by molar-refractivity contribution is 9.10. The summed E-state index contributed by atoms with van der Waals surface area (Å²) in [4.78, 5) is 22.1. The molecule has 4 nitrogen and oxygen atoms in total. The minimum Gasteiger partial charge on any atom is -0.481 e. The Labute approximate surface area is 106 Å². The minimum atomic E-state index is -1.02. The van der Waals surface area contributed by atoms with Gasteiger partial charge in [0.1, 0.15) is 5.82 Å². The average Bonchev–Trinajstić information content (AvgIpc) is 2.15. The van der Waals surface area contributed by atoms with E-state index in [0.717, 1.165) is 0 Å². The molecule has 0 saturated carbocycles. The summed E-state index contributed by atoms with van der Waals surface area (Å²) in [5.41, 5.74) is -0.121. The predicted molar refractivity (Wildman–Crippen MR) is 63.3 cm³/mol. The van der Waals surface area contributed by atoms with Crippen LogP contribution in [0.1, 0.15) is 23.7 Å².